The first kappa shape index (κ1) is 18.9. The fraction of sp³-hybridized carbons (Fsp3) is 0.550. The van der Waals surface area contributed by atoms with Crippen molar-refractivity contribution in [2.75, 3.05) is 4.90 Å². The van der Waals surface area contributed by atoms with Crippen LogP contribution in [0.3, 0.4) is 0 Å². The van der Waals surface area contributed by atoms with Crippen molar-refractivity contribution in [3.05, 3.63) is 29.6 Å². The maximum Gasteiger partial charge on any atom is 0.412 e. The lowest BCUT2D eigenvalue weighted by molar-refractivity contribution is -0.139. The summed E-state index contributed by atoms with van der Waals surface area (Å²) in [6, 6.07) is 3.57. The molecule has 0 saturated heterocycles. The van der Waals surface area contributed by atoms with Crippen molar-refractivity contribution >= 4 is 23.5 Å². The normalized spacial score (nSPS) is 27.0. The van der Waals surface area contributed by atoms with E-state index in [9.17, 15) is 23.9 Å². The van der Waals surface area contributed by atoms with Crippen LogP contribution in [0, 0.1) is 11.7 Å². The third-order valence-corrected chi connectivity index (χ3v) is 6.36. The van der Waals surface area contributed by atoms with E-state index in [0.29, 0.717) is 24.1 Å². The number of hydrogen-bond acceptors (Lipinski definition) is 4. The molecule has 3 atom stereocenters. The van der Waals surface area contributed by atoms with Crippen LogP contribution in [-0.2, 0) is 9.59 Å². The summed E-state index contributed by atoms with van der Waals surface area (Å²) in [6.07, 6.45) is 2.32. The van der Waals surface area contributed by atoms with Gasteiger partial charge in [0.05, 0.1) is 17.6 Å². The Bertz CT molecular complexity index is 838. The van der Waals surface area contributed by atoms with E-state index in [1.807, 2.05) is 0 Å². The van der Waals surface area contributed by atoms with Crippen molar-refractivity contribution in [1.29, 1.82) is 0 Å². The van der Waals surface area contributed by atoms with Crippen LogP contribution in [0.25, 0.3) is 0 Å². The monoisotopic (exact) mass is 390 g/mol. The molecule has 8 heteroatoms. The largest absolute Gasteiger partial charge is 0.481 e. The molecule has 0 spiro atoms. The minimum atomic E-state index is -1.05. The molecule has 4 rings (SSSR count). The molecular weight excluding hydrogens is 367 g/mol. The van der Waals surface area contributed by atoms with Crippen LogP contribution < -0.4 is 10.2 Å². The third-order valence-electron chi connectivity index (χ3n) is 6.36. The highest BCUT2D eigenvalue weighted by Gasteiger charge is 2.54. The Balaban J connectivity index is 1.67. The molecule has 3 aliphatic rings. The van der Waals surface area contributed by atoms with Gasteiger partial charge in [0.2, 0.25) is 0 Å². The van der Waals surface area contributed by atoms with Crippen molar-refractivity contribution in [1.82, 2.24) is 5.32 Å². The second-order valence-corrected chi connectivity index (χ2v) is 8.04. The van der Waals surface area contributed by atoms with Gasteiger partial charge < -0.3 is 10.2 Å². The molecule has 2 fully saturated rings. The van der Waals surface area contributed by atoms with E-state index in [1.54, 1.807) is 0 Å². The van der Waals surface area contributed by atoms with Crippen molar-refractivity contribution in [3.63, 3.8) is 0 Å². The molecule has 1 aromatic rings. The number of Topliss-reactive ketones (excluding diaryl/α,β-unsaturated/α-hetero) is 1. The molecule has 1 heterocycles. The van der Waals surface area contributed by atoms with Crippen LogP contribution in [0.5, 0.6) is 0 Å². The maximum atomic E-state index is 14.0. The van der Waals surface area contributed by atoms with Crippen molar-refractivity contribution in [3.8, 4) is 0 Å². The summed E-state index contributed by atoms with van der Waals surface area (Å²) < 4.78 is 14.0. The second-order valence-electron chi connectivity index (χ2n) is 8.04. The van der Waals surface area contributed by atoms with Gasteiger partial charge in [-0.1, -0.05) is 6.42 Å². The summed E-state index contributed by atoms with van der Waals surface area (Å²) in [5.74, 6) is -1.64. The van der Waals surface area contributed by atoms with Crippen molar-refractivity contribution in [2.45, 2.75) is 62.6 Å². The van der Waals surface area contributed by atoms with Gasteiger partial charge in [-0.25, -0.2) is 9.18 Å². The first-order valence-corrected chi connectivity index (χ1v) is 9.67. The van der Waals surface area contributed by atoms with Crippen LogP contribution >= 0.6 is 0 Å². The molecular formula is C20H23FN2O5. The molecule has 28 heavy (non-hydrogen) atoms. The number of aliphatic carboxylic acids is 1. The number of benzene rings is 1. The number of halogens is 1. The van der Waals surface area contributed by atoms with Gasteiger partial charge in [0, 0.05) is 18.5 Å². The van der Waals surface area contributed by atoms with E-state index >= 15 is 0 Å². The van der Waals surface area contributed by atoms with E-state index in [-0.39, 0.29) is 36.6 Å². The molecule has 1 aliphatic heterocycles. The number of anilines is 1. The van der Waals surface area contributed by atoms with Gasteiger partial charge in [-0.05, 0) is 55.4 Å². The summed E-state index contributed by atoms with van der Waals surface area (Å²) in [4.78, 5) is 36.7. The number of nitrogens with zero attached hydrogens (tertiary/aromatic N) is 1. The van der Waals surface area contributed by atoms with Crippen LogP contribution in [0.1, 0.15) is 56.6 Å². The zero-order valence-electron chi connectivity index (χ0n) is 15.4. The number of carboxylic acid groups (broad SMARTS) is 2. The van der Waals surface area contributed by atoms with E-state index in [0.717, 1.165) is 19.3 Å². The summed E-state index contributed by atoms with van der Waals surface area (Å²) in [5.41, 5.74) is 0.244. The number of hydrogen-bond donors (Lipinski definition) is 3. The van der Waals surface area contributed by atoms with E-state index in [1.165, 1.54) is 23.1 Å². The lowest BCUT2D eigenvalue weighted by atomic mass is 9.82. The number of carbonyl (C=O) groups is 3. The number of nitrogens with one attached hydrogen (secondary N) is 1. The molecule has 2 aliphatic carbocycles. The third kappa shape index (κ3) is 3.15. The minimum Gasteiger partial charge on any atom is -0.481 e. The lowest BCUT2D eigenvalue weighted by Gasteiger charge is -2.43. The van der Waals surface area contributed by atoms with Crippen LogP contribution in [0.15, 0.2) is 18.2 Å². The highest BCUT2D eigenvalue weighted by molar-refractivity contribution is 5.93. The average molecular weight is 390 g/mol. The number of carboxylic acids is 1. The van der Waals surface area contributed by atoms with E-state index in [4.69, 9.17) is 5.11 Å². The molecule has 150 valence electrons. The summed E-state index contributed by atoms with van der Waals surface area (Å²) in [7, 11) is 0. The molecule has 0 radical (unpaired) electrons. The first-order valence-electron chi connectivity index (χ1n) is 9.67. The summed E-state index contributed by atoms with van der Waals surface area (Å²) in [5, 5.41) is 22.0. The highest BCUT2D eigenvalue weighted by Crippen LogP contribution is 2.51. The molecule has 3 N–H and O–H groups in total. The van der Waals surface area contributed by atoms with Gasteiger partial charge >= 0.3 is 12.1 Å². The number of ketones is 1. The summed E-state index contributed by atoms with van der Waals surface area (Å²) in [6.45, 7) is 0. The maximum absolute atomic E-state index is 14.0. The molecule has 1 amide bonds. The van der Waals surface area contributed by atoms with Gasteiger partial charge in [-0.2, -0.15) is 0 Å². The number of fused-ring (bicyclic) bond motifs is 2. The molecule has 0 bridgehead atoms. The minimum absolute atomic E-state index is 0.0413. The van der Waals surface area contributed by atoms with Gasteiger partial charge in [-0.3, -0.25) is 19.8 Å². The Hall–Kier alpha value is -2.48. The van der Waals surface area contributed by atoms with Crippen LogP contribution in [-0.4, -0.2) is 39.6 Å². The Morgan fingerprint density at radius 3 is 2.57 bits per heavy atom. The van der Waals surface area contributed by atoms with Crippen molar-refractivity contribution < 1.29 is 29.0 Å². The molecule has 0 aromatic heterocycles. The molecule has 3 unspecified atom stereocenters. The summed E-state index contributed by atoms with van der Waals surface area (Å²) >= 11 is 0. The van der Waals surface area contributed by atoms with E-state index < -0.39 is 23.4 Å². The fourth-order valence-corrected chi connectivity index (χ4v) is 4.90. The highest BCUT2D eigenvalue weighted by atomic mass is 19.1. The van der Waals surface area contributed by atoms with Gasteiger partial charge in [0.25, 0.3) is 0 Å². The van der Waals surface area contributed by atoms with Crippen LogP contribution in [0.4, 0.5) is 14.9 Å². The smallest absolute Gasteiger partial charge is 0.412 e. The zero-order chi connectivity index (χ0) is 20.1. The van der Waals surface area contributed by atoms with Crippen molar-refractivity contribution in [2.24, 2.45) is 5.92 Å². The van der Waals surface area contributed by atoms with Gasteiger partial charge in [0.1, 0.15) is 5.82 Å². The standard InChI is InChI=1S/C20H23FN2O5/c21-11-4-5-15-13(10-11)18(12-2-1-3-14(12)23(15)19(27)28)22-20(8-9-20)16(24)6-7-17(25)26/h4-5,10,12,14,18,22H,1-3,6-9H2,(H,25,26)(H,27,28). The average Bonchev–Trinajstić information content (AvgIpc) is 3.27. The predicted molar refractivity (Wildman–Crippen MR) is 97.8 cm³/mol. The Kier molecular flexibility index (Phi) is 4.61. The topological polar surface area (TPSA) is 107 Å². The Morgan fingerprint density at radius 1 is 1.18 bits per heavy atom. The van der Waals surface area contributed by atoms with E-state index in [2.05, 4.69) is 5.32 Å². The Labute approximate surface area is 161 Å². The molecule has 1 aromatic carbocycles. The predicted octanol–water partition coefficient (Wildman–Crippen LogP) is 3.09. The quantitative estimate of drug-likeness (QED) is 0.689. The van der Waals surface area contributed by atoms with Crippen LogP contribution in [0.2, 0.25) is 0 Å². The Morgan fingerprint density at radius 2 is 1.93 bits per heavy atom. The lowest BCUT2D eigenvalue weighted by Crippen LogP contribution is -2.53. The first-order chi connectivity index (χ1) is 13.3. The van der Waals surface area contributed by atoms with Gasteiger partial charge in [-0.15, -0.1) is 0 Å². The fourth-order valence-electron chi connectivity index (χ4n) is 4.90. The number of rotatable bonds is 6. The van der Waals surface area contributed by atoms with Gasteiger partial charge in [0.15, 0.2) is 5.78 Å². The number of amides is 1. The molecule has 7 nitrogen and oxygen atoms in total. The SMILES string of the molecule is O=C(O)CCC(=O)C1(NC2c3cc(F)ccc3N(C(=O)O)C3CCCC23)CC1. The molecule has 2 saturated carbocycles. The second kappa shape index (κ2) is 6.84. The number of carbonyl (C=O) groups excluding carboxylic acids is 1. The zero-order valence-corrected chi connectivity index (χ0v) is 15.4.